The first-order chi connectivity index (χ1) is 11.0. The summed E-state index contributed by atoms with van der Waals surface area (Å²) >= 11 is 0. The van der Waals surface area contributed by atoms with E-state index >= 15 is 0 Å². The number of fused-ring (bicyclic) bond motifs is 3. The second-order valence-corrected chi connectivity index (χ2v) is 5.43. The van der Waals surface area contributed by atoms with Crippen LogP contribution in [0.2, 0.25) is 0 Å². The third-order valence-electron chi connectivity index (χ3n) is 4.41. The molecule has 1 N–H and O–H groups in total. The zero-order chi connectivity index (χ0) is 16.8. The fraction of sp³-hybridized carbons (Fsp3) is 0.467. The molecule has 124 valence electrons. The van der Waals surface area contributed by atoms with Crippen LogP contribution in [0.3, 0.4) is 0 Å². The minimum atomic E-state index is -1.37. The molecule has 1 unspecified atom stereocenters. The van der Waals surface area contributed by atoms with Crippen LogP contribution in [0.25, 0.3) is 0 Å². The molecule has 2 aliphatic rings. The topological polar surface area (TPSA) is 88.5 Å². The minimum Gasteiger partial charge on any atom is -0.497 e. The van der Waals surface area contributed by atoms with Gasteiger partial charge in [-0.2, -0.15) is 0 Å². The summed E-state index contributed by atoms with van der Waals surface area (Å²) in [5.41, 5.74) is -0.360. The highest BCUT2D eigenvalue weighted by Crippen LogP contribution is 2.51. The van der Waals surface area contributed by atoms with Gasteiger partial charge < -0.3 is 19.3 Å². The Bertz CT molecular complexity index is 663. The van der Waals surface area contributed by atoms with Crippen LogP contribution in [0.5, 0.6) is 5.75 Å². The Hall–Kier alpha value is -2.48. The molecule has 0 bridgehead atoms. The second kappa shape index (κ2) is 5.31. The smallest absolute Gasteiger partial charge is 0.415 e. The molecule has 3 rings (SSSR count). The first-order valence-electron chi connectivity index (χ1n) is 7.10. The summed E-state index contributed by atoms with van der Waals surface area (Å²) in [6, 6.07) is 5.04. The quantitative estimate of drug-likeness (QED) is 0.837. The van der Waals surface area contributed by atoms with E-state index in [0.717, 1.165) is 0 Å². The Labute approximate surface area is 133 Å². The summed E-state index contributed by atoms with van der Waals surface area (Å²) in [4.78, 5) is 26.9. The molecule has 2 heterocycles. The number of anilines is 1. The molecule has 1 fully saturated rings. The van der Waals surface area contributed by atoms with Crippen molar-refractivity contribution in [3.8, 4) is 5.75 Å². The largest absolute Gasteiger partial charge is 0.497 e. The number of amides is 2. The highest BCUT2D eigenvalue weighted by molar-refractivity contribution is 5.93. The lowest BCUT2D eigenvalue weighted by molar-refractivity contribution is 0.00969. The lowest BCUT2D eigenvalue weighted by Gasteiger charge is -2.32. The van der Waals surface area contributed by atoms with Gasteiger partial charge in [-0.05, 0) is 6.07 Å². The van der Waals surface area contributed by atoms with Crippen molar-refractivity contribution < 1.29 is 28.9 Å². The van der Waals surface area contributed by atoms with Crippen LogP contribution >= 0.6 is 0 Å². The molecular weight excluding hydrogens is 304 g/mol. The Balaban J connectivity index is 2.15. The fourth-order valence-corrected chi connectivity index (χ4v) is 3.37. The van der Waals surface area contributed by atoms with E-state index in [0.29, 0.717) is 23.4 Å². The van der Waals surface area contributed by atoms with Gasteiger partial charge in [0.2, 0.25) is 0 Å². The number of nitrogens with zero attached hydrogens (tertiary/aromatic N) is 2. The van der Waals surface area contributed by atoms with E-state index in [2.05, 4.69) is 0 Å². The summed E-state index contributed by atoms with van der Waals surface area (Å²) in [6.45, 7) is 0.271. The van der Waals surface area contributed by atoms with Crippen LogP contribution in [0, 0.1) is 0 Å². The zero-order valence-corrected chi connectivity index (χ0v) is 13.1. The Morgan fingerprint density at radius 3 is 2.52 bits per heavy atom. The molecule has 23 heavy (non-hydrogen) atoms. The van der Waals surface area contributed by atoms with Gasteiger partial charge in [-0.15, -0.1) is 0 Å². The van der Waals surface area contributed by atoms with Gasteiger partial charge in [0.15, 0.2) is 6.17 Å². The van der Waals surface area contributed by atoms with E-state index in [1.807, 2.05) is 0 Å². The van der Waals surface area contributed by atoms with E-state index in [4.69, 9.17) is 14.2 Å². The molecule has 1 saturated heterocycles. The normalized spacial score (nSPS) is 25.0. The predicted molar refractivity (Wildman–Crippen MR) is 79.3 cm³/mol. The van der Waals surface area contributed by atoms with Crippen molar-refractivity contribution in [2.45, 2.75) is 18.2 Å². The minimum absolute atomic E-state index is 0.271. The first-order valence-corrected chi connectivity index (χ1v) is 7.10. The second-order valence-electron chi connectivity index (χ2n) is 5.43. The number of ether oxygens (including phenoxy) is 3. The van der Waals surface area contributed by atoms with Crippen molar-refractivity contribution in [2.24, 2.45) is 0 Å². The molecule has 2 atom stereocenters. The standard InChI is InChI=1S/C15H18N2O6/c1-21-9-4-5-10-11(8-9)17(14(19)23-3)12-15(10,20)6-7-16(12)13(18)22-2/h4-5,8,12,20H,6-7H2,1-3H3/t12?,15-/m1/s1. The van der Waals surface area contributed by atoms with Gasteiger partial charge >= 0.3 is 12.2 Å². The number of hydrogen-bond acceptors (Lipinski definition) is 6. The van der Waals surface area contributed by atoms with Crippen LogP contribution in [-0.4, -0.2) is 56.2 Å². The van der Waals surface area contributed by atoms with Crippen molar-refractivity contribution in [2.75, 3.05) is 32.8 Å². The molecule has 0 aliphatic carbocycles. The van der Waals surface area contributed by atoms with Crippen LogP contribution in [0.4, 0.5) is 15.3 Å². The van der Waals surface area contributed by atoms with E-state index in [1.54, 1.807) is 18.2 Å². The van der Waals surface area contributed by atoms with Gasteiger partial charge in [0, 0.05) is 24.6 Å². The maximum Gasteiger partial charge on any atom is 0.415 e. The van der Waals surface area contributed by atoms with Crippen LogP contribution in [0.1, 0.15) is 12.0 Å². The van der Waals surface area contributed by atoms with Gasteiger partial charge in [-0.3, -0.25) is 9.80 Å². The molecule has 8 heteroatoms. The molecule has 1 aromatic carbocycles. The Morgan fingerprint density at radius 1 is 1.22 bits per heavy atom. The number of likely N-dealkylation sites (tertiary alicyclic amines) is 1. The number of methoxy groups -OCH3 is 3. The van der Waals surface area contributed by atoms with E-state index in [-0.39, 0.29) is 6.54 Å². The lowest BCUT2D eigenvalue weighted by Crippen LogP contribution is -2.54. The molecule has 0 aromatic heterocycles. The van der Waals surface area contributed by atoms with E-state index < -0.39 is 24.0 Å². The summed E-state index contributed by atoms with van der Waals surface area (Å²) in [5, 5.41) is 11.1. The van der Waals surface area contributed by atoms with Crippen LogP contribution < -0.4 is 9.64 Å². The summed E-state index contributed by atoms with van der Waals surface area (Å²) < 4.78 is 14.8. The first kappa shape index (κ1) is 15.4. The molecule has 8 nitrogen and oxygen atoms in total. The average molecular weight is 322 g/mol. The monoisotopic (exact) mass is 322 g/mol. The third kappa shape index (κ3) is 2.02. The van der Waals surface area contributed by atoms with Gasteiger partial charge in [-0.25, -0.2) is 9.59 Å². The Morgan fingerprint density at radius 2 is 1.91 bits per heavy atom. The number of carbonyl (C=O) groups excluding carboxylic acids is 2. The fourth-order valence-electron chi connectivity index (χ4n) is 3.37. The summed E-state index contributed by atoms with van der Waals surface area (Å²) in [7, 11) is 4.01. The number of benzene rings is 1. The molecule has 0 radical (unpaired) electrons. The highest BCUT2D eigenvalue weighted by Gasteiger charge is 2.60. The predicted octanol–water partition coefficient (Wildman–Crippen LogP) is 1.27. The summed E-state index contributed by atoms with van der Waals surface area (Å²) in [6.07, 6.45) is -1.90. The molecule has 0 spiro atoms. The van der Waals surface area contributed by atoms with Crippen molar-refractivity contribution in [1.82, 2.24) is 4.90 Å². The number of hydrogen-bond donors (Lipinski definition) is 1. The van der Waals surface area contributed by atoms with Gasteiger partial charge in [0.1, 0.15) is 11.4 Å². The lowest BCUT2D eigenvalue weighted by atomic mass is 9.93. The molecule has 2 aliphatic heterocycles. The third-order valence-corrected chi connectivity index (χ3v) is 4.41. The van der Waals surface area contributed by atoms with Crippen molar-refractivity contribution in [3.05, 3.63) is 23.8 Å². The molecule has 1 aromatic rings. The highest BCUT2D eigenvalue weighted by atomic mass is 16.6. The molecular formula is C15H18N2O6. The maximum atomic E-state index is 12.3. The molecule has 0 saturated carbocycles. The zero-order valence-electron chi connectivity index (χ0n) is 13.1. The average Bonchev–Trinajstić information content (AvgIpc) is 3.03. The number of rotatable bonds is 1. The summed E-state index contributed by atoms with van der Waals surface area (Å²) in [5.74, 6) is 0.533. The van der Waals surface area contributed by atoms with Crippen molar-refractivity contribution in [3.63, 3.8) is 0 Å². The molecule has 2 amide bonds. The van der Waals surface area contributed by atoms with Crippen molar-refractivity contribution in [1.29, 1.82) is 0 Å². The van der Waals surface area contributed by atoms with Crippen molar-refractivity contribution >= 4 is 17.9 Å². The number of aliphatic hydroxyl groups is 1. The van der Waals surface area contributed by atoms with Gasteiger partial charge in [0.25, 0.3) is 0 Å². The van der Waals surface area contributed by atoms with Crippen LogP contribution in [0.15, 0.2) is 18.2 Å². The van der Waals surface area contributed by atoms with Crippen LogP contribution in [-0.2, 0) is 15.1 Å². The Kier molecular flexibility index (Phi) is 3.56. The van der Waals surface area contributed by atoms with E-state index in [9.17, 15) is 14.7 Å². The van der Waals surface area contributed by atoms with Gasteiger partial charge in [0.05, 0.1) is 27.0 Å². The maximum absolute atomic E-state index is 12.3. The van der Waals surface area contributed by atoms with Gasteiger partial charge in [-0.1, -0.05) is 6.07 Å². The number of carbonyl (C=O) groups is 2. The SMILES string of the molecule is COC(=O)N1CC[C@@]2(O)c3ccc(OC)cc3N(C(=O)OC)C12. The van der Waals surface area contributed by atoms with E-state index in [1.165, 1.54) is 31.1 Å².